The van der Waals surface area contributed by atoms with Crippen molar-refractivity contribution in [3.05, 3.63) is 47.4 Å². The summed E-state index contributed by atoms with van der Waals surface area (Å²) in [5, 5.41) is 13.9. The van der Waals surface area contributed by atoms with Gasteiger partial charge in [0.1, 0.15) is 5.56 Å². The van der Waals surface area contributed by atoms with Gasteiger partial charge in [-0.1, -0.05) is 0 Å². The molecule has 0 aliphatic rings. The third-order valence-electron chi connectivity index (χ3n) is 2.96. The summed E-state index contributed by atoms with van der Waals surface area (Å²) in [5.74, 6) is 0.854. The normalized spacial score (nSPS) is 9.95. The van der Waals surface area contributed by atoms with Crippen molar-refractivity contribution in [1.82, 2.24) is 0 Å². The highest BCUT2D eigenvalue weighted by atomic mass is 16.5. The van der Waals surface area contributed by atoms with Crippen LogP contribution < -0.4 is 24.3 Å². The molecule has 0 bridgehead atoms. The summed E-state index contributed by atoms with van der Waals surface area (Å²) in [4.78, 5) is 12.1. The van der Waals surface area contributed by atoms with Gasteiger partial charge in [0.15, 0.2) is 23.9 Å². The van der Waals surface area contributed by atoms with Gasteiger partial charge in [0.05, 0.1) is 21.3 Å². The molecule has 1 aromatic carbocycles. The fourth-order valence-electron chi connectivity index (χ4n) is 1.95. The highest BCUT2D eigenvalue weighted by Crippen LogP contribution is 2.39. The fraction of sp³-hybridized carbons (Fsp3) is 0.200. The Hall–Kier alpha value is -2.96. The molecule has 116 valence electrons. The zero-order chi connectivity index (χ0) is 16.1. The van der Waals surface area contributed by atoms with Gasteiger partial charge >= 0.3 is 0 Å². The molecule has 0 fully saturated rings. The van der Waals surface area contributed by atoms with E-state index < -0.39 is 5.91 Å². The smallest absolute Gasteiger partial charge is 0.261 e. The van der Waals surface area contributed by atoms with Crippen molar-refractivity contribution >= 4 is 11.6 Å². The van der Waals surface area contributed by atoms with Gasteiger partial charge in [-0.25, -0.2) is 0 Å². The Labute approximate surface area is 127 Å². The quantitative estimate of drug-likeness (QED) is 0.670. The van der Waals surface area contributed by atoms with Crippen LogP contribution in [0.15, 0.2) is 36.7 Å². The molecule has 1 heterocycles. The number of benzene rings is 1. The lowest BCUT2D eigenvalue weighted by Gasteiger charge is -2.14. The Morgan fingerprint density at radius 1 is 1.14 bits per heavy atom. The maximum atomic E-state index is 12.1. The number of carbonyl (C=O) groups excluding carboxylic acids is 1. The van der Waals surface area contributed by atoms with Crippen molar-refractivity contribution in [2.75, 3.05) is 26.6 Å². The number of nitrogens with one attached hydrogen (secondary N) is 1. The number of carbonyl (C=O) groups is 1. The van der Waals surface area contributed by atoms with E-state index in [4.69, 9.17) is 14.2 Å². The van der Waals surface area contributed by atoms with E-state index in [1.807, 2.05) is 0 Å². The van der Waals surface area contributed by atoms with Gasteiger partial charge in [-0.2, -0.15) is 4.73 Å². The molecular weight excluding hydrogens is 288 g/mol. The van der Waals surface area contributed by atoms with Crippen molar-refractivity contribution < 1.29 is 23.7 Å². The molecule has 0 spiro atoms. The van der Waals surface area contributed by atoms with Crippen LogP contribution in [-0.2, 0) is 0 Å². The lowest BCUT2D eigenvalue weighted by molar-refractivity contribution is -0.605. The molecular formula is C15H16N2O5. The lowest BCUT2D eigenvalue weighted by Crippen LogP contribution is -2.27. The molecule has 0 aliphatic carbocycles. The Kier molecular flexibility index (Phi) is 4.67. The number of methoxy groups -OCH3 is 3. The Balaban J connectivity index is 2.31. The molecule has 0 unspecified atom stereocenters. The molecule has 2 rings (SSSR count). The van der Waals surface area contributed by atoms with Crippen molar-refractivity contribution in [3.63, 3.8) is 0 Å². The summed E-state index contributed by atoms with van der Waals surface area (Å²) in [6.45, 7) is 0. The second kappa shape index (κ2) is 6.66. The van der Waals surface area contributed by atoms with Gasteiger partial charge < -0.3 is 24.7 Å². The number of hydrogen-bond donors (Lipinski definition) is 1. The highest BCUT2D eigenvalue weighted by molar-refractivity contribution is 6.04. The largest absolute Gasteiger partial charge is 0.619 e. The number of hydrogen-bond acceptors (Lipinski definition) is 5. The number of pyridine rings is 1. The van der Waals surface area contributed by atoms with Gasteiger partial charge in [0.2, 0.25) is 5.75 Å². The van der Waals surface area contributed by atoms with Crippen LogP contribution in [0.4, 0.5) is 5.69 Å². The average molecular weight is 304 g/mol. The Bertz CT molecular complexity index is 662. The van der Waals surface area contributed by atoms with Crippen molar-refractivity contribution in [2.24, 2.45) is 0 Å². The SMILES string of the molecule is COc1cc(NC(=O)c2ccc[n+]([O-])c2)cc(OC)c1OC. The van der Waals surface area contributed by atoms with Crippen molar-refractivity contribution in [2.45, 2.75) is 0 Å². The number of aromatic nitrogens is 1. The standard InChI is InChI=1S/C15H16N2O5/c1-20-12-7-11(8-13(21-2)14(12)22-3)16-15(18)10-5-4-6-17(19)9-10/h4-9H,1-3H3,(H,16,18). The van der Waals surface area contributed by atoms with Crippen molar-refractivity contribution in [1.29, 1.82) is 0 Å². The van der Waals surface area contributed by atoms with Crippen LogP contribution in [0.3, 0.4) is 0 Å². The molecule has 22 heavy (non-hydrogen) atoms. The predicted octanol–water partition coefficient (Wildman–Crippen LogP) is 1.60. The zero-order valence-electron chi connectivity index (χ0n) is 12.5. The minimum atomic E-state index is -0.417. The molecule has 0 radical (unpaired) electrons. The van der Waals surface area contributed by atoms with E-state index in [9.17, 15) is 10.0 Å². The first-order valence-corrected chi connectivity index (χ1v) is 6.39. The topological polar surface area (TPSA) is 83.7 Å². The molecule has 2 aromatic rings. The predicted molar refractivity (Wildman–Crippen MR) is 79.5 cm³/mol. The van der Waals surface area contributed by atoms with E-state index in [2.05, 4.69) is 5.32 Å². The maximum absolute atomic E-state index is 12.1. The number of nitrogens with zero attached hydrogens (tertiary/aromatic N) is 1. The van der Waals surface area contributed by atoms with Crippen LogP contribution in [0.5, 0.6) is 17.2 Å². The summed E-state index contributed by atoms with van der Waals surface area (Å²) in [6, 6.07) is 6.25. The molecule has 1 amide bonds. The zero-order valence-corrected chi connectivity index (χ0v) is 12.5. The second-order valence-corrected chi connectivity index (χ2v) is 4.32. The fourth-order valence-corrected chi connectivity index (χ4v) is 1.95. The number of amides is 1. The first-order valence-electron chi connectivity index (χ1n) is 6.39. The van der Waals surface area contributed by atoms with Gasteiger partial charge in [0.25, 0.3) is 5.91 Å². The van der Waals surface area contributed by atoms with Crippen LogP contribution in [0.2, 0.25) is 0 Å². The summed E-state index contributed by atoms with van der Waals surface area (Å²) in [6.07, 6.45) is 2.49. The highest BCUT2D eigenvalue weighted by Gasteiger charge is 2.15. The van der Waals surface area contributed by atoms with E-state index in [0.29, 0.717) is 27.7 Å². The van der Waals surface area contributed by atoms with Crippen LogP contribution >= 0.6 is 0 Å². The van der Waals surface area contributed by atoms with Crippen LogP contribution in [0.1, 0.15) is 10.4 Å². The molecule has 0 atom stereocenters. The average Bonchev–Trinajstić information content (AvgIpc) is 2.53. The van der Waals surface area contributed by atoms with E-state index in [0.717, 1.165) is 0 Å². The van der Waals surface area contributed by atoms with Gasteiger partial charge in [-0.15, -0.1) is 0 Å². The third-order valence-corrected chi connectivity index (χ3v) is 2.96. The van der Waals surface area contributed by atoms with Gasteiger partial charge in [-0.05, 0) is 6.07 Å². The minimum Gasteiger partial charge on any atom is -0.619 e. The number of ether oxygens (including phenoxy) is 3. The summed E-state index contributed by atoms with van der Waals surface area (Å²) in [7, 11) is 4.47. The molecule has 0 saturated heterocycles. The number of rotatable bonds is 5. The van der Waals surface area contributed by atoms with Crippen LogP contribution in [0.25, 0.3) is 0 Å². The summed E-state index contributed by atoms with van der Waals surface area (Å²) < 4.78 is 16.2. The first kappa shape index (κ1) is 15.4. The van der Waals surface area contributed by atoms with Crippen molar-refractivity contribution in [3.8, 4) is 17.2 Å². The molecule has 7 nitrogen and oxygen atoms in total. The van der Waals surface area contributed by atoms with Crippen LogP contribution in [-0.4, -0.2) is 27.2 Å². The number of anilines is 1. The van der Waals surface area contributed by atoms with Gasteiger partial charge in [-0.3, -0.25) is 4.79 Å². The Morgan fingerprint density at radius 3 is 2.27 bits per heavy atom. The summed E-state index contributed by atoms with van der Waals surface area (Å²) in [5.41, 5.74) is 0.701. The monoisotopic (exact) mass is 304 g/mol. The first-order chi connectivity index (χ1) is 10.6. The maximum Gasteiger partial charge on any atom is 0.261 e. The van der Waals surface area contributed by atoms with E-state index in [-0.39, 0.29) is 5.56 Å². The summed E-state index contributed by atoms with van der Waals surface area (Å²) >= 11 is 0. The lowest BCUT2D eigenvalue weighted by atomic mass is 10.2. The van der Waals surface area contributed by atoms with E-state index in [1.54, 1.807) is 18.2 Å². The minimum absolute atomic E-state index is 0.242. The molecule has 1 N–H and O–H groups in total. The van der Waals surface area contributed by atoms with E-state index >= 15 is 0 Å². The molecule has 0 saturated carbocycles. The molecule has 1 aromatic heterocycles. The third kappa shape index (κ3) is 3.20. The van der Waals surface area contributed by atoms with Crippen LogP contribution in [0, 0.1) is 5.21 Å². The van der Waals surface area contributed by atoms with Gasteiger partial charge in [0, 0.05) is 23.9 Å². The second-order valence-electron chi connectivity index (χ2n) is 4.32. The Morgan fingerprint density at radius 2 is 1.77 bits per heavy atom. The van der Waals surface area contributed by atoms with E-state index in [1.165, 1.54) is 39.8 Å². The molecule has 0 aliphatic heterocycles. The molecule has 7 heteroatoms.